The molecule has 2 aromatic rings. The second kappa shape index (κ2) is 5.62. The molecular weight excluding hydrogens is 325 g/mol. The van der Waals surface area contributed by atoms with Crippen molar-refractivity contribution >= 4 is 33.0 Å². The molecule has 0 unspecified atom stereocenters. The lowest BCUT2D eigenvalue weighted by atomic mass is 10.3. The largest absolute Gasteiger partial charge is 0.306 e. The molecule has 1 heterocycles. The van der Waals surface area contributed by atoms with E-state index in [1.165, 1.54) is 12.3 Å². The van der Waals surface area contributed by atoms with Crippen LogP contribution >= 0.6 is 11.6 Å². The van der Waals surface area contributed by atoms with Crippen molar-refractivity contribution < 1.29 is 17.7 Å². The van der Waals surface area contributed by atoms with Crippen molar-refractivity contribution in [1.29, 1.82) is 0 Å². The highest BCUT2D eigenvalue weighted by atomic mass is 35.5. The normalized spacial score (nSPS) is 11.1. The highest BCUT2D eigenvalue weighted by Crippen LogP contribution is 2.26. The summed E-state index contributed by atoms with van der Waals surface area (Å²) >= 11 is 5.75. The zero-order valence-electron chi connectivity index (χ0n) is 10.2. The molecular formula is C11H7ClFN3O4S. The fraction of sp³-hybridized carbons (Fsp3) is 0. The summed E-state index contributed by atoms with van der Waals surface area (Å²) in [4.78, 5) is 13.0. The van der Waals surface area contributed by atoms with Gasteiger partial charge in [-0.25, -0.2) is 8.42 Å². The number of nitro groups is 1. The van der Waals surface area contributed by atoms with Gasteiger partial charge in [0.05, 0.1) is 15.6 Å². The minimum absolute atomic E-state index is 0.0610. The smallest absolute Gasteiger partial charge is 0.279 e. The molecule has 7 nitrogen and oxygen atoms in total. The summed E-state index contributed by atoms with van der Waals surface area (Å²) in [6.45, 7) is 0. The first-order valence-electron chi connectivity index (χ1n) is 5.37. The van der Waals surface area contributed by atoms with Gasteiger partial charge < -0.3 is 0 Å². The molecule has 0 atom stereocenters. The maximum Gasteiger partial charge on any atom is 0.306 e. The zero-order valence-corrected chi connectivity index (χ0v) is 11.7. The van der Waals surface area contributed by atoms with Crippen molar-refractivity contribution in [3.05, 3.63) is 57.6 Å². The van der Waals surface area contributed by atoms with Gasteiger partial charge in [-0.15, -0.1) is 0 Å². The summed E-state index contributed by atoms with van der Waals surface area (Å²) in [5.74, 6) is -1.07. The molecule has 0 saturated carbocycles. The average Bonchev–Trinajstić information content (AvgIpc) is 2.40. The van der Waals surface area contributed by atoms with Crippen molar-refractivity contribution in [2.45, 2.75) is 4.90 Å². The monoisotopic (exact) mass is 331 g/mol. The molecule has 2 rings (SSSR count). The van der Waals surface area contributed by atoms with Crippen LogP contribution in [0.5, 0.6) is 0 Å². The Kier molecular flexibility index (Phi) is 4.05. The minimum atomic E-state index is -4.09. The second-order valence-corrected chi connectivity index (χ2v) is 5.89. The molecule has 0 saturated heterocycles. The lowest BCUT2D eigenvalue weighted by molar-refractivity contribution is -0.387. The summed E-state index contributed by atoms with van der Waals surface area (Å²) in [5, 5.41) is 10.6. The van der Waals surface area contributed by atoms with E-state index in [9.17, 15) is 22.9 Å². The van der Waals surface area contributed by atoms with Gasteiger partial charge in [-0.2, -0.15) is 4.39 Å². The van der Waals surface area contributed by atoms with Crippen LogP contribution in [0.4, 0.5) is 15.8 Å². The number of benzene rings is 1. The van der Waals surface area contributed by atoms with Crippen LogP contribution in [-0.2, 0) is 10.0 Å². The summed E-state index contributed by atoms with van der Waals surface area (Å²) in [6.07, 6.45) is 2.34. The Hall–Kier alpha value is -2.26. The number of nitrogens with one attached hydrogen (secondary N) is 1. The third-order valence-electron chi connectivity index (χ3n) is 2.42. The van der Waals surface area contributed by atoms with E-state index < -0.39 is 26.5 Å². The Balaban J connectivity index is 2.40. The first-order chi connectivity index (χ1) is 9.81. The molecule has 0 aliphatic rings. The Morgan fingerprint density at radius 1 is 1.33 bits per heavy atom. The molecule has 21 heavy (non-hydrogen) atoms. The Labute approximate surface area is 123 Å². The third kappa shape index (κ3) is 3.26. The topological polar surface area (TPSA) is 102 Å². The van der Waals surface area contributed by atoms with E-state index in [4.69, 9.17) is 11.6 Å². The fourth-order valence-corrected chi connectivity index (χ4v) is 2.97. The number of anilines is 1. The van der Waals surface area contributed by atoms with Gasteiger partial charge in [0.25, 0.3) is 10.0 Å². The molecule has 0 aliphatic carbocycles. The molecule has 1 aromatic carbocycles. The van der Waals surface area contributed by atoms with E-state index in [1.807, 2.05) is 0 Å². The zero-order chi connectivity index (χ0) is 15.6. The molecule has 0 amide bonds. The number of nitro benzene ring substituents is 1. The first kappa shape index (κ1) is 15.1. The Morgan fingerprint density at radius 2 is 2.05 bits per heavy atom. The highest BCUT2D eigenvalue weighted by molar-refractivity contribution is 7.92. The number of hydrogen-bond acceptors (Lipinski definition) is 5. The molecule has 1 N–H and O–H groups in total. The van der Waals surface area contributed by atoms with Gasteiger partial charge in [0, 0.05) is 18.5 Å². The summed E-state index contributed by atoms with van der Waals surface area (Å²) in [5.41, 5.74) is -1.00. The van der Waals surface area contributed by atoms with Crippen molar-refractivity contribution in [3.8, 4) is 0 Å². The number of sulfonamides is 1. The van der Waals surface area contributed by atoms with Crippen molar-refractivity contribution in [2.24, 2.45) is 0 Å². The van der Waals surface area contributed by atoms with E-state index in [2.05, 4.69) is 9.71 Å². The van der Waals surface area contributed by atoms with E-state index in [-0.39, 0.29) is 15.6 Å². The van der Waals surface area contributed by atoms with Gasteiger partial charge in [-0.3, -0.25) is 19.8 Å². The van der Waals surface area contributed by atoms with Gasteiger partial charge >= 0.3 is 5.69 Å². The van der Waals surface area contributed by atoms with Crippen molar-refractivity contribution in [2.75, 3.05) is 4.72 Å². The van der Waals surface area contributed by atoms with Crippen LogP contribution in [0.1, 0.15) is 0 Å². The van der Waals surface area contributed by atoms with E-state index >= 15 is 0 Å². The number of pyridine rings is 1. The number of aromatic nitrogens is 1. The Bertz CT molecular complexity index is 813. The van der Waals surface area contributed by atoms with Crippen LogP contribution in [-0.4, -0.2) is 18.3 Å². The number of nitrogens with zero attached hydrogens (tertiary/aromatic N) is 2. The molecule has 10 heteroatoms. The van der Waals surface area contributed by atoms with Crippen molar-refractivity contribution in [3.63, 3.8) is 0 Å². The van der Waals surface area contributed by atoms with E-state index in [0.717, 1.165) is 24.4 Å². The third-order valence-corrected chi connectivity index (χ3v) is 4.27. The van der Waals surface area contributed by atoms with Crippen molar-refractivity contribution in [1.82, 2.24) is 4.98 Å². The van der Waals surface area contributed by atoms with Crippen LogP contribution < -0.4 is 4.72 Å². The van der Waals surface area contributed by atoms with E-state index in [1.54, 1.807) is 0 Å². The summed E-state index contributed by atoms with van der Waals surface area (Å²) in [6, 6.07) is 3.91. The van der Waals surface area contributed by atoms with Gasteiger partial charge in [-0.1, -0.05) is 11.6 Å². The summed E-state index contributed by atoms with van der Waals surface area (Å²) in [7, 11) is -4.09. The molecule has 0 radical (unpaired) electrons. The summed E-state index contributed by atoms with van der Waals surface area (Å²) < 4.78 is 39.4. The standard InChI is InChI=1S/C11H7ClFN3O4S/c12-8-3-4-14-6-11(8)21(19,20)15-7-1-2-9(13)10(5-7)16(17)18/h1-6,15H. The minimum Gasteiger partial charge on any atom is -0.279 e. The molecule has 110 valence electrons. The molecule has 0 aliphatic heterocycles. The maximum absolute atomic E-state index is 13.2. The van der Waals surface area contributed by atoms with Crippen LogP contribution in [0, 0.1) is 15.9 Å². The van der Waals surface area contributed by atoms with Gasteiger partial charge in [0.1, 0.15) is 4.90 Å². The highest BCUT2D eigenvalue weighted by Gasteiger charge is 2.21. The van der Waals surface area contributed by atoms with Gasteiger partial charge in [-0.05, 0) is 18.2 Å². The lowest BCUT2D eigenvalue weighted by Crippen LogP contribution is -2.14. The number of halogens is 2. The number of rotatable bonds is 4. The van der Waals surface area contributed by atoms with Crippen LogP contribution in [0.2, 0.25) is 5.02 Å². The predicted molar refractivity (Wildman–Crippen MR) is 73.1 cm³/mol. The lowest BCUT2D eigenvalue weighted by Gasteiger charge is -2.08. The first-order valence-corrected chi connectivity index (χ1v) is 7.23. The fourth-order valence-electron chi connectivity index (χ4n) is 1.49. The molecule has 0 bridgehead atoms. The maximum atomic E-state index is 13.2. The SMILES string of the molecule is O=[N+]([O-])c1cc(NS(=O)(=O)c2cnccc2Cl)ccc1F. The number of hydrogen-bond donors (Lipinski definition) is 1. The molecule has 0 fully saturated rings. The van der Waals surface area contributed by atoms with Crippen LogP contribution in [0.25, 0.3) is 0 Å². The van der Waals surface area contributed by atoms with E-state index in [0.29, 0.717) is 0 Å². The Morgan fingerprint density at radius 3 is 2.67 bits per heavy atom. The van der Waals surface area contributed by atoms with Crippen LogP contribution in [0.15, 0.2) is 41.6 Å². The van der Waals surface area contributed by atoms with Crippen LogP contribution in [0.3, 0.4) is 0 Å². The van der Waals surface area contributed by atoms with Gasteiger partial charge in [0.15, 0.2) is 0 Å². The van der Waals surface area contributed by atoms with Gasteiger partial charge in [0.2, 0.25) is 5.82 Å². The second-order valence-electron chi connectivity index (χ2n) is 3.83. The quantitative estimate of drug-likeness (QED) is 0.685. The predicted octanol–water partition coefficient (Wildman–Crippen LogP) is 2.58. The molecule has 1 aromatic heterocycles. The molecule has 0 spiro atoms. The average molecular weight is 332 g/mol.